The quantitative estimate of drug-likeness (QED) is 0.843. The van der Waals surface area contributed by atoms with Crippen molar-refractivity contribution in [3.63, 3.8) is 0 Å². The molecule has 0 spiro atoms. The Balaban J connectivity index is 1.71. The summed E-state index contributed by atoms with van der Waals surface area (Å²) in [6, 6.07) is 1.92. The largest absolute Gasteiger partial charge is 0.486 e. The summed E-state index contributed by atoms with van der Waals surface area (Å²) < 4.78 is 6.31. The maximum atomic E-state index is 6.32. The summed E-state index contributed by atoms with van der Waals surface area (Å²) in [5.74, 6) is 0.875. The summed E-state index contributed by atoms with van der Waals surface area (Å²) in [6.07, 6.45) is 8.78. The van der Waals surface area contributed by atoms with Crippen LogP contribution in [0.15, 0.2) is 18.5 Å². The molecule has 0 atom stereocenters. The van der Waals surface area contributed by atoms with Crippen LogP contribution in [0.1, 0.15) is 32.1 Å². The Morgan fingerprint density at radius 1 is 1.28 bits per heavy atom. The normalized spacial score (nSPS) is 34.3. The lowest BCUT2D eigenvalue weighted by atomic mass is 9.93. The maximum absolute atomic E-state index is 6.32. The number of nitrogens with zero attached hydrogens (tertiary/aromatic N) is 2. The van der Waals surface area contributed by atoms with Crippen LogP contribution < -0.4 is 10.5 Å². The van der Waals surface area contributed by atoms with E-state index in [2.05, 4.69) is 15.2 Å². The highest BCUT2D eigenvalue weighted by atomic mass is 16.5. The van der Waals surface area contributed by atoms with Crippen LogP contribution in [0.3, 0.4) is 0 Å². The van der Waals surface area contributed by atoms with E-state index in [0.717, 1.165) is 48.9 Å². The first-order valence-electron chi connectivity index (χ1n) is 6.44. The van der Waals surface area contributed by atoms with E-state index >= 15 is 0 Å². The zero-order valence-electron chi connectivity index (χ0n) is 10.1. The molecule has 2 aromatic rings. The Bertz CT molecular complexity index is 598. The standard InChI is InChI=1S/C13H16N4O/c14-12-2-4-13(8-12,5-3-12)18-10-1-6-15-11-9(10)7-16-17-11/h1,6-7H,2-5,8,14H2,(H,15,16,17). The van der Waals surface area contributed by atoms with E-state index in [9.17, 15) is 0 Å². The molecular weight excluding hydrogens is 228 g/mol. The molecule has 18 heavy (non-hydrogen) atoms. The van der Waals surface area contributed by atoms with Crippen molar-refractivity contribution in [3.8, 4) is 5.75 Å². The topological polar surface area (TPSA) is 76.8 Å². The minimum atomic E-state index is -0.0553. The second-order valence-corrected chi connectivity index (χ2v) is 5.77. The van der Waals surface area contributed by atoms with Crippen molar-refractivity contribution in [1.82, 2.24) is 15.2 Å². The number of pyridine rings is 1. The smallest absolute Gasteiger partial charge is 0.158 e. The van der Waals surface area contributed by atoms with Crippen molar-refractivity contribution >= 4 is 11.0 Å². The summed E-state index contributed by atoms with van der Waals surface area (Å²) in [5.41, 5.74) is 7.06. The van der Waals surface area contributed by atoms with Crippen LogP contribution in [-0.4, -0.2) is 26.3 Å². The molecule has 0 aliphatic heterocycles. The molecule has 0 saturated heterocycles. The van der Waals surface area contributed by atoms with Gasteiger partial charge in [-0.25, -0.2) is 4.98 Å². The van der Waals surface area contributed by atoms with Crippen molar-refractivity contribution in [2.45, 2.75) is 43.2 Å². The zero-order valence-corrected chi connectivity index (χ0v) is 10.1. The molecule has 0 aromatic carbocycles. The van der Waals surface area contributed by atoms with E-state index in [1.165, 1.54) is 0 Å². The third-order valence-corrected chi connectivity index (χ3v) is 4.47. The van der Waals surface area contributed by atoms with Gasteiger partial charge in [0.05, 0.1) is 11.6 Å². The van der Waals surface area contributed by atoms with Gasteiger partial charge in [-0.2, -0.15) is 5.10 Å². The number of hydrogen-bond acceptors (Lipinski definition) is 4. The second-order valence-electron chi connectivity index (χ2n) is 5.77. The van der Waals surface area contributed by atoms with Crippen LogP contribution in [0.4, 0.5) is 0 Å². The molecular formula is C13H16N4O. The molecule has 2 aliphatic carbocycles. The molecule has 2 saturated carbocycles. The van der Waals surface area contributed by atoms with Crippen molar-refractivity contribution in [2.75, 3.05) is 0 Å². The fourth-order valence-corrected chi connectivity index (χ4v) is 3.49. The van der Waals surface area contributed by atoms with Gasteiger partial charge in [0.2, 0.25) is 0 Å². The van der Waals surface area contributed by atoms with Crippen LogP contribution in [0.2, 0.25) is 0 Å². The fourth-order valence-electron chi connectivity index (χ4n) is 3.49. The predicted octanol–water partition coefficient (Wildman–Crippen LogP) is 1.75. The second kappa shape index (κ2) is 3.23. The lowest BCUT2D eigenvalue weighted by Crippen LogP contribution is -2.33. The Hall–Kier alpha value is -1.62. The number of hydrogen-bond donors (Lipinski definition) is 2. The van der Waals surface area contributed by atoms with E-state index < -0.39 is 0 Å². The highest BCUT2D eigenvalue weighted by Gasteiger charge is 2.54. The zero-order chi connectivity index (χ0) is 12.2. The van der Waals surface area contributed by atoms with Gasteiger partial charge in [0.25, 0.3) is 0 Å². The summed E-state index contributed by atoms with van der Waals surface area (Å²) in [7, 11) is 0. The molecule has 3 N–H and O–H groups in total. The van der Waals surface area contributed by atoms with Crippen LogP contribution in [0.25, 0.3) is 11.0 Å². The van der Waals surface area contributed by atoms with Gasteiger partial charge >= 0.3 is 0 Å². The lowest BCUT2D eigenvalue weighted by molar-refractivity contribution is 0.0821. The van der Waals surface area contributed by atoms with Gasteiger partial charge in [0.15, 0.2) is 5.65 Å². The summed E-state index contributed by atoms with van der Waals surface area (Å²) in [4.78, 5) is 4.23. The lowest BCUT2D eigenvalue weighted by Gasteiger charge is -2.28. The van der Waals surface area contributed by atoms with Crippen molar-refractivity contribution in [2.24, 2.45) is 5.73 Å². The molecule has 2 aliphatic rings. The molecule has 5 heteroatoms. The summed E-state index contributed by atoms with van der Waals surface area (Å²) in [5, 5.41) is 7.84. The fraction of sp³-hybridized carbons (Fsp3) is 0.538. The minimum absolute atomic E-state index is 0.0164. The number of aromatic amines is 1. The Labute approximate surface area is 105 Å². The molecule has 0 radical (unpaired) electrons. The van der Waals surface area contributed by atoms with E-state index in [-0.39, 0.29) is 11.1 Å². The average molecular weight is 244 g/mol. The number of H-pyrrole nitrogens is 1. The van der Waals surface area contributed by atoms with Gasteiger partial charge in [0.1, 0.15) is 11.4 Å². The van der Waals surface area contributed by atoms with Crippen LogP contribution in [0.5, 0.6) is 5.75 Å². The predicted molar refractivity (Wildman–Crippen MR) is 67.3 cm³/mol. The summed E-state index contributed by atoms with van der Waals surface area (Å²) in [6.45, 7) is 0. The van der Waals surface area contributed by atoms with Crippen LogP contribution in [0, 0.1) is 0 Å². The molecule has 2 aromatic heterocycles. The SMILES string of the molecule is NC12CCC(Oc3ccnc4[nH]ncc34)(CC1)C2. The monoisotopic (exact) mass is 244 g/mol. The molecule has 5 nitrogen and oxygen atoms in total. The van der Waals surface area contributed by atoms with Gasteiger partial charge < -0.3 is 10.5 Å². The average Bonchev–Trinajstić information content (AvgIpc) is 3.01. The number of nitrogens with two attached hydrogens (primary N) is 1. The van der Waals surface area contributed by atoms with Crippen LogP contribution in [-0.2, 0) is 0 Å². The number of rotatable bonds is 2. The first kappa shape index (κ1) is 10.3. The molecule has 0 unspecified atom stereocenters. The molecule has 2 bridgehead atoms. The molecule has 4 rings (SSSR count). The van der Waals surface area contributed by atoms with E-state index in [0.29, 0.717) is 0 Å². The Kier molecular flexibility index (Phi) is 1.85. The van der Waals surface area contributed by atoms with Crippen molar-refractivity contribution in [3.05, 3.63) is 18.5 Å². The third-order valence-electron chi connectivity index (χ3n) is 4.47. The highest BCUT2D eigenvalue weighted by molar-refractivity contribution is 5.80. The number of nitrogens with one attached hydrogen (secondary N) is 1. The van der Waals surface area contributed by atoms with E-state index in [1.807, 2.05) is 6.07 Å². The Morgan fingerprint density at radius 2 is 2.11 bits per heavy atom. The molecule has 94 valence electrons. The van der Waals surface area contributed by atoms with Gasteiger partial charge in [-0.15, -0.1) is 0 Å². The van der Waals surface area contributed by atoms with E-state index in [1.54, 1.807) is 12.4 Å². The van der Waals surface area contributed by atoms with Gasteiger partial charge in [-0.1, -0.05) is 0 Å². The highest BCUT2D eigenvalue weighted by Crippen LogP contribution is 2.51. The van der Waals surface area contributed by atoms with E-state index in [4.69, 9.17) is 10.5 Å². The van der Waals surface area contributed by atoms with Crippen molar-refractivity contribution < 1.29 is 4.74 Å². The van der Waals surface area contributed by atoms with Gasteiger partial charge in [-0.05, 0) is 31.7 Å². The first-order valence-corrected chi connectivity index (χ1v) is 6.44. The Morgan fingerprint density at radius 3 is 2.83 bits per heavy atom. The molecule has 2 fully saturated rings. The number of ether oxygens (including phenoxy) is 1. The summed E-state index contributed by atoms with van der Waals surface area (Å²) >= 11 is 0. The molecule has 0 amide bonds. The van der Waals surface area contributed by atoms with Gasteiger partial charge in [0, 0.05) is 18.2 Å². The minimum Gasteiger partial charge on any atom is -0.486 e. The molecule has 2 heterocycles. The number of aromatic nitrogens is 3. The first-order chi connectivity index (χ1) is 8.68. The van der Waals surface area contributed by atoms with Crippen molar-refractivity contribution in [1.29, 1.82) is 0 Å². The van der Waals surface area contributed by atoms with Crippen LogP contribution >= 0.6 is 0 Å². The number of fused-ring (bicyclic) bond motifs is 3. The third kappa shape index (κ3) is 1.37. The van der Waals surface area contributed by atoms with Gasteiger partial charge in [-0.3, -0.25) is 5.10 Å². The maximum Gasteiger partial charge on any atom is 0.158 e.